The van der Waals surface area contributed by atoms with Gasteiger partial charge in [0.1, 0.15) is 5.75 Å². The molecule has 1 unspecified atom stereocenters. The van der Waals surface area contributed by atoms with Crippen molar-refractivity contribution in [2.45, 2.75) is 12.5 Å². The van der Waals surface area contributed by atoms with Gasteiger partial charge < -0.3 is 15.4 Å². The van der Waals surface area contributed by atoms with E-state index in [0.717, 1.165) is 17.0 Å². The number of methoxy groups -OCH3 is 1. The van der Waals surface area contributed by atoms with Gasteiger partial charge in [-0.1, -0.05) is 6.07 Å². The number of aliphatic imine (C=N–C) groups is 1. The van der Waals surface area contributed by atoms with Crippen molar-refractivity contribution in [1.82, 2.24) is 4.98 Å². The smallest absolute Gasteiger partial charge is 0.196 e. The maximum absolute atomic E-state index is 6.13. The summed E-state index contributed by atoms with van der Waals surface area (Å²) >= 11 is 0. The molecule has 0 radical (unpaired) electrons. The molecule has 2 aromatic rings. The number of benzene rings is 1. The van der Waals surface area contributed by atoms with Crippen LogP contribution in [0.5, 0.6) is 5.75 Å². The molecule has 0 aliphatic carbocycles. The number of aromatic nitrogens is 1. The van der Waals surface area contributed by atoms with Crippen LogP contribution >= 0.6 is 0 Å². The van der Waals surface area contributed by atoms with E-state index in [2.05, 4.69) is 16.9 Å². The number of nitrogens with two attached hydrogens (primary N) is 1. The summed E-state index contributed by atoms with van der Waals surface area (Å²) in [5.41, 5.74) is 7.91. The lowest BCUT2D eigenvalue weighted by molar-refractivity contribution is 0.414. The van der Waals surface area contributed by atoms with Crippen molar-refractivity contribution in [3.05, 3.63) is 54.4 Å². The first-order chi connectivity index (χ1) is 10.1. The molecule has 0 spiro atoms. The highest BCUT2D eigenvalue weighted by atomic mass is 16.5. The van der Waals surface area contributed by atoms with Crippen LogP contribution in [0.4, 0.5) is 5.69 Å². The molecule has 1 aromatic heterocycles. The Labute approximate surface area is 124 Å². The van der Waals surface area contributed by atoms with E-state index in [1.165, 1.54) is 0 Å². The van der Waals surface area contributed by atoms with Gasteiger partial charge >= 0.3 is 0 Å². The molecule has 2 N–H and O–H groups in total. The molecular formula is C16H18N4O. The third-order valence-electron chi connectivity index (χ3n) is 3.89. The third kappa shape index (κ3) is 2.20. The highest BCUT2D eigenvalue weighted by Gasteiger charge is 2.40. The van der Waals surface area contributed by atoms with Crippen molar-refractivity contribution in [2.24, 2.45) is 10.7 Å². The van der Waals surface area contributed by atoms with Gasteiger partial charge in [0.2, 0.25) is 0 Å². The summed E-state index contributed by atoms with van der Waals surface area (Å²) in [4.78, 5) is 10.6. The highest BCUT2D eigenvalue weighted by Crippen LogP contribution is 2.37. The number of nitrogens with zero attached hydrogens (tertiary/aromatic N) is 3. The van der Waals surface area contributed by atoms with Crippen molar-refractivity contribution in [3.8, 4) is 5.75 Å². The largest absolute Gasteiger partial charge is 0.497 e. The number of hydrogen-bond acceptors (Lipinski definition) is 5. The molecule has 5 heteroatoms. The number of hydrogen-bond donors (Lipinski definition) is 1. The van der Waals surface area contributed by atoms with Crippen LogP contribution in [-0.4, -0.2) is 24.6 Å². The van der Waals surface area contributed by atoms with E-state index in [9.17, 15) is 0 Å². The SMILES string of the molecule is COc1cccc(N2C(N)=NCC2(C)c2ccncc2)c1. The lowest BCUT2D eigenvalue weighted by Crippen LogP contribution is -2.47. The Hall–Kier alpha value is -2.56. The van der Waals surface area contributed by atoms with Gasteiger partial charge in [0.15, 0.2) is 5.96 Å². The number of anilines is 1. The van der Waals surface area contributed by atoms with Gasteiger partial charge in [0, 0.05) is 24.1 Å². The van der Waals surface area contributed by atoms with E-state index >= 15 is 0 Å². The third-order valence-corrected chi connectivity index (χ3v) is 3.89. The topological polar surface area (TPSA) is 63.7 Å². The Kier molecular flexibility index (Phi) is 3.25. The monoisotopic (exact) mass is 282 g/mol. The van der Waals surface area contributed by atoms with Crippen LogP contribution < -0.4 is 15.4 Å². The zero-order valence-corrected chi connectivity index (χ0v) is 12.2. The van der Waals surface area contributed by atoms with Crippen LogP contribution in [0.1, 0.15) is 12.5 Å². The average molecular weight is 282 g/mol. The van der Waals surface area contributed by atoms with E-state index in [-0.39, 0.29) is 5.54 Å². The van der Waals surface area contributed by atoms with E-state index < -0.39 is 0 Å². The number of ether oxygens (including phenoxy) is 1. The van der Waals surface area contributed by atoms with Crippen LogP contribution in [0.25, 0.3) is 0 Å². The van der Waals surface area contributed by atoms with Crippen LogP contribution in [0, 0.1) is 0 Å². The summed E-state index contributed by atoms with van der Waals surface area (Å²) in [5.74, 6) is 1.31. The molecule has 0 saturated heterocycles. The normalized spacial score (nSPS) is 21.2. The predicted molar refractivity (Wildman–Crippen MR) is 83.6 cm³/mol. The van der Waals surface area contributed by atoms with Crippen molar-refractivity contribution in [1.29, 1.82) is 0 Å². The van der Waals surface area contributed by atoms with Crippen molar-refractivity contribution in [3.63, 3.8) is 0 Å². The molecule has 1 aromatic carbocycles. The van der Waals surface area contributed by atoms with Gasteiger partial charge in [-0.15, -0.1) is 0 Å². The zero-order valence-electron chi connectivity index (χ0n) is 12.2. The van der Waals surface area contributed by atoms with Crippen LogP contribution in [0.2, 0.25) is 0 Å². The van der Waals surface area contributed by atoms with Crippen LogP contribution in [-0.2, 0) is 5.54 Å². The van der Waals surface area contributed by atoms with Gasteiger partial charge in [-0.25, -0.2) is 0 Å². The molecule has 3 rings (SSSR count). The summed E-state index contributed by atoms with van der Waals surface area (Å²) < 4.78 is 5.31. The zero-order chi connectivity index (χ0) is 14.9. The van der Waals surface area contributed by atoms with Crippen molar-refractivity contribution in [2.75, 3.05) is 18.6 Å². The molecule has 0 bridgehead atoms. The quantitative estimate of drug-likeness (QED) is 0.936. The summed E-state index contributed by atoms with van der Waals surface area (Å²) in [6.45, 7) is 2.74. The Morgan fingerprint density at radius 1 is 1.24 bits per heavy atom. The fourth-order valence-corrected chi connectivity index (χ4v) is 2.73. The number of guanidine groups is 1. The molecular weight excluding hydrogens is 264 g/mol. The minimum absolute atomic E-state index is 0.320. The van der Waals surface area contributed by atoms with Gasteiger partial charge in [-0.05, 0) is 36.8 Å². The van der Waals surface area contributed by atoms with Crippen molar-refractivity contribution < 1.29 is 4.74 Å². The first-order valence-corrected chi connectivity index (χ1v) is 6.80. The molecule has 21 heavy (non-hydrogen) atoms. The van der Waals surface area contributed by atoms with Crippen LogP contribution in [0.15, 0.2) is 53.8 Å². The van der Waals surface area contributed by atoms with E-state index in [0.29, 0.717) is 12.5 Å². The average Bonchev–Trinajstić information content (AvgIpc) is 2.85. The molecule has 0 fully saturated rings. The second-order valence-corrected chi connectivity index (χ2v) is 5.22. The Morgan fingerprint density at radius 3 is 2.71 bits per heavy atom. The molecule has 2 heterocycles. The molecule has 1 aliphatic heterocycles. The Morgan fingerprint density at radius 2 is 2.00 bits per heavy atom. The van der Waals surface area contributed by atoms with Gasteiger partial charge in [0.25, 0.3) is 0 Å². The minimum atomic E-state index is -0.320. The fourth-order valence-electron chi connectivity index (χ4n) is 2.73. The molecule has 5 nitrogen and oxygen atoms in total. The number of pyridine rings is 1. The van der Waals surface area contributed by atoms with Gasteiger partial charge in [-0.3, -0.25) is 9.98 Å². The second-order valence-electron chi connectivity index (χ2n) is 5.22. The fraction of sp³-hybridized carbons (Fsp3) is 0.250. The predicted octanol–water partition coefficient (Wildman–Crippen LogP) is 2.14. The lowest BCUT2D eigenvalue weighted by atomic mass is 9.91. The Balaban J connectivity index is 2.07. The number of rotatable bonds is 3. The molecule has 0 saturated carbocycles. The first-order valence-electron chi connectivity index (χ1n) is 6.80. The standard InChI is InChI=1S/C16H18N4O/c1-16(12-6-8-18-9-7-12)11-19-15(17)20(16)13-4-3-5-14(10-13)21-2/h3-10H,11H2,1-2H3,(H2,17,19). The van der Waals surface area contributed by atoms with E-state index in [1.807, 2.05) is 41.3 Å². The lowest BCUT2D eigenvalue weighted by Gasteiger charge is -2.36. The maximum atomic E-state index is 6.13. The minimum Gasteiger partial charge on any atom is -0.497 e. The van der Waals surface area contributed by atoms with Crippen LogP contribution in [0.3, 0.4) is 0 Å². The molecule has 1 aliphatic rings. The van der Waals surface area contributed by atoms with E-state index in [1.54, 1.807) is 19.5 Å². The van der Waals surface area contributed by atoms with Crippen molar-refractivity contribution >= 4 is 11.6 Å². The molecule has 0 amide bonds. The molecule has 108 valence electrons. The van der Waals surface area contributed by atoms with Gasteiger partial charge in [-0.2, -0.15) is 0 Å². The summed E-state index contributed by atoms with van der Waals surface area (Å²) in [6, 6.07) is 11.8. The maximum Gasteiger partial charge on any atom is 0.196 e. The second kappa shape index (κ2) is 5.09. The first kappa shape index (κ1) is 13.4. The summed E-state index contributed by atoms with van der Waals surface area (Å²) in [5, 5.41) is 0. The molecule has 1 atom stereocenters. The van der Waals surface area contributed by atoms with E-state index in [4.69, 9.17) is 10.5 Å². The summed E-state index contributed by atoms with van der Waals surface area (Å²) in [6.07, 6.45) is 3.58. The highest BCUT2D eigenvalue weighted by molar-refractivity contribution is 5.98. The Bertz CT molecular complexity index is 671. The van der Waals surface area contributed by atoms with Gasteiger partial charge in [0.05, 0.1) is 19.2 Å². The summed E-state index contributed by atoms with van der Waals surface area (Å²) in [7, 11) is 1.66.